The van der Waals surface area contributed by atoms with E-state index in [1.807, 2.05) is 23.1 Å². The highest BCUT2D eigenvalue weighted by molar-refractivity contribution is 6.05. The SMILES string of the molecule is O=C(Nc1cc2oc(N3CCOCC3)nc2nc1N1CCCCC1)c1cccc(N2CCC(O)C2)n1. The number of hydrogen-bond acceptors (Lipinski definition) is 10. The van der Waals surface area contributed by atoms with Crippen LogP contribution in [0.1, 0.15) is 36.2 Å². The first kappa shape index (κ1) is 23.0. The summed E-state index contributed by atoms with van der Waals surface area (Å²) >= 11 is 0. The largest absolute Gasteiger partial charge is 0.422 e. The Morgan fingerprint density at radius 3 is 2.58 bits per heavy atom. The average Bonchev–Trinajstić information content (AvgIpc) is 3.55. The maximum absolute atomic E-state index is 13.3. The fourth-order valence-corrected chi connectivity index (χ4v) is 5.03. The maximum Gasteiger partial charge on any atom is 0.300 e. The number of hydrogen-bond donors (Lipinski definition) is 2. The van der Waals surface area contributed by atoms with Gasteiger partial charge in [0.15, 0.2) is 11.4 Å². The van der Waals surface area contributed by atoms with Crippen LogP contribution in [-0.2, 0) is 4.74 Å². The van der Waals surface area contributed by atoms with Crippen molar-refractivity contribution in [2.75, 3.05) is 72.5 Å². The Labute approximate surface area is 209 Å². The van der Waals surface area contributed by atoms with Crippen LogP contribution in [0, 0.1) is 0 Å². The van der Waals surface area contributed by atoms with Crippen LogP contribution in [0.25, 0.3) is 11.2 Å². The molecule has 0 aromatic carbocycles. The molecule has 11 heteroatoms. The first-order valence-electron chi connectivity index (χ1n) is 12.7. The molecule has 6 rings (SSSR count). The molecule has 3 saturated heterocycles. The number of pyridine rings is 2. The summed E-state index contributed by atoms with van der Waals surface area (Å²) < 4.78 is 11.5. The highest BCUT2D eigenvalue weighted by Crippen LogP contribution is 2.32. The van der Waals surface area contributed by atoms with Gasteiger partial charge in [0, 0.05) is 45.3 Å². The molecule has 11 nitrogen and oxygen atoms in total. The van der Waals surface area contributed by atoms with Gasteiger partial charge >= 0.3 is 0 Å². The van der Waals surface area contributed by atoms with Gasteiger partial charge in [-0.05, 0) is 37.8 Å². The molecule has 0 bridgehead atoms. The first-order chi connectivity index (χ1) is 17.6. The number of amides is 1. The molecule has 6 heterocycles. The minimum absolute atomic E-state index is 0.310. The minimum atomic E-state index is -0.363. The van der Waals surface area contributed by atoms with Gasteiger partial charge in [0.1, 0.15) is 11.5 Å². The topological polar surface area (TPSA) is 120 Å². The Bertz CT molecular complexity index is 1240. The van der Waals surface area contributed by atoms with Crippen LogP contribution in [0.5, 0.6) is 0 Å². The molecule has 0 aliphatic carbocycles. The molecule has 3 aromatic heterocycles. The van der Waals surface area contributed by atoms with Gasteiger partial charge in [0.05, 0.1) is 25.0 Å². The van der Waals surface area contributed by atoms with Crippen LogP contribution in [0.15, 0.2) is 28.7 Å². The van der Waals surface area contributed by atoms with Gasteiger partial charge in [-0.3, -0.25) is 4.79 Å². The van der Waals surface area contributed by atoms with Gasteiger partial charge in [-0.25, -0.2) is 9.97 Å². The van der Waals surface area contributed by atoms with Crippen molar-refractivity contribution in [3.05, 3.63) is 30.0 Å². The highest BCUT2D eigenvalue weighted by atomic mass is 16.5. The molecule has 3 aromatic rings. The van der Waals surface area contributed by atoms with Crippen molar-refractivity contribution in [3.63, 3.8) is 0 Å². The summed E-state index contributed by atoms with van der Waals surface area (Å²) in [6.45, 7) is 5.69. The van der Waals surface area contributed by atoms with E-state index < -0.39 is 0 Å². The maximum atomic E-state index is 13.3. The monoisotopic (exact) mass is 493 g/mol. The lowest BCUT2D eigenvalue weighted by Crippen LogP contribution is -2.36. The number of aromatic nitrogens is 3. The first-order valence-corrected chi connectivity index (χ1v) is 12.7. The average molecular weight is 494 g/mol. The number of carbonyl (C=O) groups excluding carboxylic acids is 1. The number of fused-ring (bicyclic) bond motifs is 1. The van der Waals surface area contributed by atoms with Crippen LogP contribution in [0.4, 0.5) is 23.3 Å². The van der Waals surface area contributed by atoms with Crippen LogP contribution >= 0.6 is 0 Å². The van der Waals surface area contributed by atoms with E-state index >= 15 is 0 Å². The van der Waals surface area contributed by atoms with Gasteiger partial charge in [0.25, 0.3) is 11.9 Å². The van der Waals surface area contributed by atoms with Crippen molar-refractivity contribution in [2.24, 2.45) is 0 Å². The second-order valence-corrected chi connectivity index (χ2v) is 9.55. The second-order valence-electron chi connectivity index (χ2n) is 9.55. The number of oxazole rings is 1. The molecule has 0 radical (unpaired) electrons. The molecule has 1 atom stereocenters. The van der Waals surface area contributed by atoms with Gasteiger partial charge in [-0.1, -0.05) is 6.07 Å². The van der Waals surface area contributed by atoms with E-state index in [0.29, 0.717) is 79.5 Å². The number of morpholine rings is 1. The summed E-state index contributed by atoms with van der Waals surface area (Å²) in [5.74, 6) is 1.08. The highest BCUT2D eigenvalue weighted by Gasteiger charge is 2.25. The summed E-state index contributed by atoms with van der Waals surface area (Å²) in [4.78, 5) is 33.6. The number of aliphatic hydroxyl groups is 1. The lowest BCUT2D eigenvalue weighted by atomic mass is 10.1. The van der Waals surface area contributed by atoms with Crippen molar-refractivity contribution < 1.29 is 19.1 Å². The summed E-state index contributed by atoms with van der Waals surface area (Å²) in [7, 11) is 0. The van der Waals surface area contributed by atoms with E-state index in [4.69, 9.17) is 14.1 Å². The standard InChI is InChI=1S/C25H31N7O4/c33-17-7-10-32(16-17)21-6-4-5-18(26-21)24(34)27-19-15-20-22(28-23(19)30-8-2-1-3-9-30)29-25(36-20)31-11-13-35-14-12-31/h4-6,15,17,33H,1-3,7-14,16H2,(H,27,34). The third kappa shape index (κ3) is 4.68. The number of anilines is 4. The molecule has 1 amide bonds. The molecule has 3 aliphatic heterocycles. The van der Waals surface area contributed by atoms with Gasteiger partial charge in [0.2, 0.25) is 5.65 Å². The van der Waals surface area contributed by atoms with E-state index in [1.165, 1.54) is 6.42 Å². The zero-order valence-electron chi connectivity index (χ0n) is 20.2. The number of carbonyl (C=O) groups is 1. The summed E-state index contributed by atoms with van der Waals surface area (Å²) in [5.41, 5.74) is 1.95. The number of piperidine rings is 1. The van der Waals surface area contributed by atoms with Crippen molar-refractivity contribution in [2.45, 2.75) is 31.8 Å². The van der Waals surface area contributed by atoms with E-state index in [2.05, 4.69) is 25.1 Å². The molecule has 1 unspecified atom stereocenters. The van der Waals surface area contributed by atoms with Gasteiger partial charge in [-0.15, -0.1) is 0 Å². The molecule has 3 aliphatic rings. The van der Waals surface area contributed by atoms with Crippen LogP contribution in [-0.4, -0.2) is 84.6 Å². The van der Waals surface area contributed by atoms with Crippen molar-refractivity contribution in [1.29, 1.82) is 0 Å². The second kappa shape index (κ2) is 9.90. The zero-order valence-corrected chi connectivity index (χ0v) is 20.2. The van der Waals surface area contributed by atoms with Crippen molar-refractivity contribution in [3.8, 4) is 0 Å². The molecule has 190 valence electrons. The molecule has 2 N–H and O–H groups in total. The van der Waals surface area contributed by atoms with Crippen molar-refractivity contribution >= 4 is 40.5 Å². The molecule has 36 heavy (non-hydrogen) atoms. The predicted molar refractivity (Wildman–Crippen MR) is 136 cm³/mol. The van der Waals surface area contributed by atoms with Gasteiger partial charge < -0.3 is 34.3 Å². The molecule has 3 fully saturated rings. The number of β-amino-alcohol motifs (C(OH)–C–C–N with tert-alkyl or cyclic N) is 1. The Hall–Kier alpha value is -3.44. The Morgan fingerprint density at radius 2 is 1.81 bits per heavy atom. The minimum Gasteiger partial charge on any atom is -0.422 e. The fraction of sp³-hybridized carbons (Fsp3) is 0.520. The lowest BCUT2D eigenvalue weighted by Gasteiger charge is -2.29. The molecular formula is C25H31N7O4. The van der Waals surface area contributed by atoms with Crippen molar-refractivity contribution in [1.82, 2.24) is 15.0 Å². The number of nitrogens with zero attached hydrogens (tertiary/aromatic N) is 6. The van der Waals surface area contributed by atoms with Gasteiger partial charge in [-0.2, -0.15) is 4.98 Å². The lowest BCUT2D eigenvalue weighted by molar-refractivity contribution is 0.102. The zero-order chi connectivity index (χ0) is 24.5. The van der Waals surface area contributed by atoms with E-state index in [9.17, 15) is 9.90 Å². The molecular weight excluding hydrogens is 462 g/mol. The summed E-state index contributed by atoms with van der Waals surface area (Å²) in [6.07, 6.45) is 3.69. The third-order valence-electron chi connectivity index (χ3n) is 6.99. The Balaban J connectivity index is 1.30. The number of rotatable bonds is 5. The number of aliphatic hydroxyl groups excluding tert-OH is 1. The molecule has 0 saturated carbocycles. The summed E-state index contributed by atoms with van der Waals surface area (Å²) in [5, 5.41) is 12.9. The number of nitrogens with one attached hydrogen (secondary N) is 1. The fourth-order valence-electron chi connectivity index (χ4n) is 5.03. The quantitative estimate of drug-likeness (QED) is 0.548. The Morgan fingerprint density at radius 1 is 0.972 bits per heavy atom. The summed E-state index contributed by atoms with van der Waals surface area (Å²) in [6, 6.07) is 7.73. The molecule has 0 spiro atoms. The predicted octanol–water partition coefficient (Wildman–Crippen LogP) is 2.27. The number of ether oxygens (including phenoxy) is 1. The van der Waals surface area contributed by atoms with E-state index in [0.717, 1.165) is 32.5 Å². The smallest absolute Gasteiger partial charge is 0.300 e. The third-order valence-corrected chi connectivity index (χ3v) is 6.99. The van der Waals surface area contributed by atoms with E-state index in [-0.39, 0.29) is 12.0 Å². The van der Waals surface area contributed by atoms with Crippen LogP contribution in [0.2, 0.25) is 0 Å². The van der Waals surface area contributed by atoms with E-state index in [1.54, 1.807) is 6.07 Å². The van der Waals surface area contributed by atoms with Crippen LogP contribution < -0.4 is 20.0 Å². The normalized spacial score (nSPS) is 20.8. The van der Waals surface area contributed by atoms with Crippen LogP contribution in [0.3, 0.4) is 0 Å². The Kier molecular flexibility index (Phi) is 6.32.